The van der Waals surface area contributed by atoms with E-state index in [1.54, 1.807) is 26.4 Å². The molecule has 0 aliphatic carbocycles. The molecule has 0 spiro atoms. The van der Waals surface area contributed by atoms with Crippen LogP contribution < -0.4 is 9.47 Å². The van der Waals surface area contributed by atoms with Gasteiger partial charge in [0.2, 0.25) is 5.78 Å². The first-order chi connectivity index (χ1) is 13.5. The lowest BCUT2D eigenvalue weighted by Gasteiger charge is -2.09. The fraction of sp³-hybridized carbons (Fsp3) is 0.273. The number of ether oxygens (including phenoxy) is 3. The summed E-state index contributed by atoms with van der Waals surface area (Å²) in [6, 6.07) is 12.9. The number of carbonyl (C=O) groups excluding carboxylic acids is 2. The number of rotatable bonds is 8. The number of benzene rings is 2. The molecule has 6 heteroatoms. The summed E-state index contributed by atoms with van der Waals surface area (Å²) in [6.45, 7) is 1.48. The van der Waals surface area contributed by atoms with Crippen molar-refractivity contribution in [2.75, 3.05) is 20.8 Å². The Hall–Kier alpha value is -3.28. The summed E-state index contributed by atoms with van der Waals surface area (Å²) in [7, 11) is 3.12. The lowest BCUT2D eigenvalue weighted by molar-refractivity contribution is -0.142. The van der Waals surface area contributed by atoms with Crippen LogP contribution in [0.5, 0.6) is 11.5 Å². The molecule has 0 unspecified atom stereocenters. The van der Waals surface area contributed by atoms with Crippen LogP contribution in [0.2, 0.25) is 0 Å². The van der Waals surface area contributed by atoms with E-state index in [2.05, 4.69) is 0 Å². The Balaban J connectivity index is 1.55. The lowest BCUT2D eigenvalue weighted by atomic mass is 10.1. The number of hydrogen-bond donors (Lipinski definition) is 0. The zero-order valence-electron chi connectivity index (χ0n) is 16.1. The first-order valence-electron chi connectivity index (χ1n) is 8.91. The molecule has 0 aliphatic heterocycles. The molecule has 0 atom stereocenters. The SMILES string of the molecule is COc1ccc(CCC(=O)OCC(=O)c2oc3ccccc3c2C)cc1OC. The van der Waals surface area contributed by atoms with Gasteiger partial charge < -0.3 is 18.6 Å². The third-order valence-electron chi connectivity index (χ3n) is 4.53. The number of Topliss-reactive ketones (excluding diaryl/α,β-unsaturated/α-hetero) is 1. The number of aryl methyl sites for hydroxylation is 2. The van der Waals surface area contributed by atoms with Crippen LogP contribution in [-0.2, 0) is 16.0 Å². The predicted octanol–water partition coefficient (Wildman–Crippen LogP) is 4.12. The summed E-state index contributed by atoms with van der Waals surface area (Å²) < 4.78 is 21.2. The van der Waals surface area contributed by atoms with E-state index < -0.39 is 5.97 Å². The van der Waals surface area contributed by atoms with Gasteiger partial charge in [-0.25, -0.2) is 0 Å². The number of ketones is 1. The third kappa shape index (κ3) is 4.17. The lowest BCUT2D eigenvalue weighted by Crippen LogP contribution is -2.14. The number of esters is 1. The highest BCUT2D eigenvalue weighted by molar-refractivity contribution is 6.01. The Kier molecular flexibility index (Phi) is 5.99. The van der Waals surface area contributed by atoms with E-state index in [0.717, 1.165) is 16.5 Å². The number of methoxy groups -OCH3 is 2. The van der Waals surface area contributed by atoms with Gasteiger partial charge in [0.05, 0.1) is 14.2 Å². The molecule has 2 aromatic carbocycles. The van der Waals surface area contributed by atoms with Crippen LogP contribution in [0.1, 0.15) is 28.1 Å². The molecular formula is C22H22O6. The predicted molar refractivity (Wildman–Crippen MR) is 104 cm³/mol. The average Bonchev–Trinajstić information content (AvgIpc) is 3.07. The highest BCUT2D eigenvalue weighted by atomic mass is 16.5. The highest BCUT2D eigenvalue weighted by Gasteiger charge is 2.19. The van der Waals surface area contributed by atoms with Gasteiger partial charge in [-0.05, 0) is 37.1 Å². The Labute approximate surface area is 163 Å². The van der Waals surface area contributed by atoms with Crippen LogP contribution in [0.15, 0.2) is 46.9 Å². The van der Waals surface area contributed by atoms with Gasteiger partial charge in [-0.15, -0.1) is 0 Å². The van der Waals surface area contributed by atoms with Gasteiger partial charge in [0, 0.05) is 17.4 Å². The van der Waals surface area contributed by atoms with E-state index in [1.165, 1.54) is 0 Å². The van der Waals surface area contributed by atoms with Crippen LogP contribution >= 0.6 is 0 Å². The normalized spacial score (nSPS) is 10.7. The zero-order chi connectivity index (χ0) is 20.1. The fourth-order valence-electron chi connectivity index (χ4n) is 3.01. The second kappa shape index (κ2) is 8.61. The van der Waals surface area contributed by atoms with E-state index in [9.17, 15) is 9.59 Å². The summed E-state index contributed by atoms with van der Waals surface area (Å²) in [6.07, 6.45) is 0.624. The van der Waals surface area contributed by atoms with Crippen molar-refractivity contribution in [1.82, 2.24) is 0 Å². The minimum atomic E-state index is -0.447. The largest absolute Gasteiger partial charge is 0.493 e. The third-order valence-corrected chi connectivity index (χ3v) is 4.53. The number of hydrogen-bond acceptors (Lipinski definition) is 6. The molecule has 0 bridgehead atoms. The molecule has 3 aromatic rings. The topological polar surface area (TPSA) is 75.0 Å². The summed E-state index contributed by atoms with van der Waals surface area (Å²) in [5.74, 6) is 0.656. The second-order valence-corrected chi connectivity index (χ2v) is 6.33. The van der Waals surface area contributed by atoms with Crippen LogP contribution in [0.25, 0.3) is 11.0 Å². The minimum Gasteiger partial charge on any atom is -0.493 e. The monoisotopic (exact) mass is 382 g/mol. The van der Waals surface area contributed by atoms with Crippen molar-refractivity contribution in [2.24, 2.45) is 0 Å². The van der Waals surface area contributed by atoms with Gasteiger partial charge >= 0.3 is 5.97 Å². The first-order valence-corrected chi connectivity index (χ1v) is 8.91. The van der Waals surface area contributed by atoms with E-state index in [-0.39, 0.29) is 24.6 Å². The fourth-order valence-corrected chi connectivity index (χ4v) is 3.01. The highest BCUT2D eigenvalue weighted by Crippen LogP contribution is 2.28. The Bertz CT molecular complexity index is 1000. The van der Waals surface area contributed by atoms with Crippen LogP contribution in [0.4, 0.5) is 0 Å². The molecule has 0 fully saturated rings. The minimum absolute atomic E-state index is 0.155. The summed E-state index contributed by atoms with van der Waals surface area (Å²) in [5, 5.41) is 0.880. The van der Waals surface area contributed by atoms with Crippen molar-refractivity contribution in [1.29, 1.82) is 0 Å². The number of carbonyl (C=O) groups is 2. The van der Waals surface area contributed by atoms with Crippen LogP contribution in [0, 0.1) is 6.92 Å². The van der Waals surface area contributed by atoms with E-state index in [0.29, 0.717) is 23.5 Å². The molecule has 28 heavy (non-hydrogen) atoms. The zero-order valence-corrected chi connectivity index (χ0v) is 16.1. The van der Waals surface area contributed by atoms with Crippen molar-refractivity contribution < 1.29 is 28.2 Å². The molecule has 146 valence electrons. The van der Waals surface area contributed by atoms with Crippen molar-refractivity contribution in [2.45, 2.75) is 19.8 Å². The first kappa shape index (κ1) is 19.5. The molecule has 1 aromatic heterocycles. The van der Waals surface area contributed by atoms with Gasteiger partial charge in [-0.3, -0.25) is 9.59 Å². The van der Waals surface area contributed by atoms with Gasteiger partial charge in [0.15, 0.2) is 23.9 Å². The van der Waals surface area contributed by atoms with E-state index in [1.807, 2.05) is 37.3 Å². The molecule has 0 N–H and O–H groups in total. The molecule has 0 saturated carbocycles. The number of fused-ring (bicyclic) bond motifs is 1. The maximum Gasteiger partial charge on any atom is 0.306 e. The summed E-state index contributed by atoms with van der Waals surface area (Å²) in [5.41, 5.74) is 2.30. The standard InChI is InChI=1S/C22H22O6/c1-14-16-6-4-5-7-18(16)28-22(14)17(23)13-27-21(24)11-9-15-8-10-19(25-2)20(12-15)26-3/h4-8,10,12H,9,11,13H2,1-3H3. The molecule has 0 amide bonds. The van der Waals surface area contributed by atoms with E-state index >= 15 is 0 Å². The van der Waals surface area contributed by atoms with Crippen molar-refractivity contribution >= 4 is 22.7 Å². The average molecular weight is 382 g/mol. The molecule has 3 rings (SSSR count). The van der Waals surface area contributed by atoms with E-state index in [4.69, 9.17) is 18.6 Å². The summed E-state index contributed by atoms with van der Waals surface area (Å²) >= 11 is 0. The molecule has 0 radical (unpaired) electrons. The second-order valence-electron chi connectivity index (χ2n) is 6.33. The Morgan fingerprint density at radius 2 is 1.75 bits per heavy atom. The molecular weight excluding hydrogens is 360 g/mol. The van der Waals surface area contributed by atoms with Gasteiger partial charge in [0.1, 0.15) is 5.58 Å². The summed E-state index contributed by atoms with van der Waals surface area (Å²) in [4.78, 5) is 24.4. The quantitative estimate of drug-likeness (QED) is 0.431. The molecule has 0 saturated heterocycles. The van der Waals surface area contributed by atoms with Crippen LogP contribution in [-0.4, -0.2) is 32.6 Å². The maximum absolute atomic E-state index is 12.4. The molecule has 0 aliphatic rings. The Morgan fingerprint density at radius 1 is 1.00 bits per heavy atom. The van der Waals surface area contributed by atoms with Crippen molar-refractivity contribution in [3.8, 4) is 11.5 Å². The van der Waals surface area contributed by atoms with Crippen molar-refractivity contribution in [3.05, 3.63) is 59.4 Å². The van der Waals surface area contributed by atoms with Gasteiger partial charge in [-0.1, -0.05) is 24.3 Å². The van der Waals surface area contributed by atoms with Gasteiger partial charge in [-0.2, -0.15) is 0 Å². The van der Waals surface area contributed by atoms with Gasteiger partial charge in [0.25, 0.3) is 0 Å². The number of para-hydroxylation sites is 1. The molecule has 6 nitrogen and oxygen atoms in total. The molecule has 1 heterocycles. The smallest absolute Gasteiger partial charge is 0.306 e. The number of furan rings is 1. The maximum atomic E-state index is 12.4. The van der Waals surface area contributed by atoms with Crippen LogP contribution in [0.3, 0.4) is 0 Å². The van der Waals surface area contributed by atoms with Crippen molar-refractivity contribution in [3.63, 3.8) is 0 Å². The Morgan fingerprint density at radius 3 is 2.46 bits per heavy atom.